The summed E-state index contributed by atoms with van der Waals surface area (Å²) in [6.45, 7) is -1.47. The molecule has 38 valence electrons. The maximum atomic E-state index is 8.30. The van der Waals surface area contributed by atoms with E-state index in [1.165, 1.54) is 0 Å². The monoisotopic (exact) mass is 94.1 g/mol. The van der Waals surface area contributed by atoms with E-state index < -0.39 is 19.3 Å². The second kappa shape index (κ2) is 3.08. The molecule has 0 saturated heterocycles. The molecule has 0 heterocycles. The molecule has 1 unspecified atom stereocenters. The average molecular weight is 94.1 g/mol. The van der Waals surface area contributed by atoms with Gasteiger partial charge in [0.05, 0.1) is 14.6 Å². The van der Waals surface area contributed by atoms with E-state index in [4.69, 9.17) is 16.7 Å². The Hall–Kier alpha value is -0.120. The van der Waals surface area contributed by atoms with Crippen molar-refractivity contribution in [2.45, 2.75) is 6.08 Å². The molecule has 0 aromatic carbocycles. The largest absolute Gasteiger partial charge is 0.394 e. The molecule has 0 amide bonds. The molecule has 0 aliphatic carbocycles. The molecule has 6 heavy (non-hydrogen) atoms. The molecule has 0 saturated carbocycles. The third kappa shape index (κ3) is 2.14. The summed E-state index contributed by atoms with van der Waals surface area (Å²) in [4.78, 5) is 0. The van der Waals surface area contributed by atoms with Gasteiger partial charge in [-0.15, -0.1) is 0 Å². The molecular formula is C3H8O3. The van der Waals surface area contributed by atoms with Gasteiger partial charge in [-0.2, -0.15) is 0 Å². The smallest absolute Gasteiger partial charge is 0.100 e. The fourth-order valence-corrected chi connectivity index (χ4v) is 0.0500. The molecule has 0 rings (SSSR count). The van der Waals surface area contributed by atoms with Crippen molar-refractivity contribution in [2.75, 3.05) is 13.2 Å². The van der Waals surface area contributed by atoms with Crippen LogP contribution in [0, 0.1) is 0 Å². The van der Waals surface area contributed by atoms with Crippen LogP contribution >= 0.6 is 0 Å². The van der Waals surface area contributed by atoms with Gasteiger partial charge in [0.25, 0.3) is 0 Å². The van der Waals surface area contributed by atoms with Crippen LogP contribution in [0.25, 0.3) is 0 Å². The minimum Gasteiger partial charge on any atom is -0.394 e. The van der Waals surface area contributed by atoms with Gasteiger partial charge in [0.15, 0.2) is 0 Å². The summed E-state index contributed by atoms with van der Waals surface area (Å²) >= 11 is 0. The first-order valence-electron chi connectivity index (χ1n) is 2.06. The molecule has 0 radical (unpaired) electrons. The lowest BCUT2D eigenvalue weighted by molar-refractivity contribution is 0.0450. The van der Waals surface area contributed by atoms with Crippen LogP contribution in [0.4, 0.5) is 0 Å². The minimum absolute atomic E-state index is 0.733. The molecule has 0 aliphatic rings. The number of hydrogen-bond acceptors (Lipinski definition) is 3. The Morgan fingerprint density at radius 1 is 1.50 bits per heavy atom. The van der Waals surface area contributed by atoms with Gasteiger partial charge in [0, 0.05) is 0 Å². The van der Waals surface area contributed by atoms with Crippen LogP contribution in [0.2, 0.25) is 0 Å². The van der Waals surface area contributed by atoms with E-state index in [0.717, 1.165) is 0 Å². The van der Waals surface area contributed by atoms with Crippen molar-refractivity contribution >= 4 is 0 Å². The summed E-state index contributed by atoms with van der Waals surface area (Å²) in [5.41, 5.74) is 0. The fraction of sp³-hybridized carbons (Fsp3) is 1.00. The summed E-state index contributed by atoms with van der Waals surface area (Å²) in [5.74, 6) is 0. The maximum absolute atomic E-state index is 8.30. The molecule has 0 bridgehead atoms. The molecule has 3 heteroatoms. The Morgan fingerprint density at radius 3 is 1.83 bits per heavy atom. The highest BCUT2D eigenvalue weighted by molar-refractivity contribution is 4.43. The zero-order valence-electron chi connectivity index (χ0n) is 4.26. The summed E-state index contributed by atoms with van der Waals surface area (Å²) in [6.07, 6.45) is -2.06. The standard InChI is InChI=1S/C3H8O3/c4-1-3(6)2-5/h3-6H,1-2H2/i1+1,3D. The molecule has 3 nitrogen and oxygen atoms in total. The van der Waals surface area contributed by atoms with Crippen molar-refractivity contribution in [1.82, 2.24) is 0 Å². The lowest BCUT2D eigenvalue weighted by atomic mass is 10.6. The third-order valence-corrected chi connectivity index (χ3v) is 0.365. The van der Waals surface area contributed by atoms with E-state index in [-0.39, 0.29) is 0 Å². The SMILES string of the molecule is [2H]C(O)(CO)[13CH2]O. The second-order valence-electron chi connectivity index (χ2n) is 0.882. The molecule has 1 atom stereocenters. The van der Waals surface area contributed by atoms with Crippen LogP contribution < -0.4 is 0 Å². The predicted octanol–water partition coefficient (Wildman–Crippen LogP) is -1.67. The van der Waals surface area contributed by atoms with Gasteiger partial charge in [-0.3, -0.25) is 0 Å². The lowest BCUT2D eigenvalue weighted by Crippen LogP contribution is -2.15. The first-order chi connectivity index (χ1) is 3.12. The van der Waals surface area contributed by atoms with E-state index in [1.807, 2.05) is 0 Å². The Balaban J connectivity index is 3.36. The average Bonchev–Trinajstić information content (AvgIpc) is 1.68. The molecule has 0 aliphatic heterocycles. The molecule has 0 fully saturated rings. The van der Waals surface area contributed by atoms with Crippen molar-refractivity contribution in [3.8, 4) is 0 Å². The van der Waals surface area contributed by atoms with Crippen molar-refractivity contribution in [1.29, 1.82) is 0 Å². The summed E-state index contributed by atoms with van der Waals surface area (Å²) in [7, 11) is 0. The van der Waals surface area contributed by atoms with Crippen LogP contribution in [0.3, 0.4) is 0 Å². The number of aliphatic hydroxyl groups is 3. The van der Waals surface area contributed by atoms with Gasteiger partial charge >= 0.3 is 0 Å². The molecule has 3 N–H and O–H groups in total. The summed E-state index contributed by atoms with van der Waals surface area (Å²) in [6, 6.07) is 0. The van der Waals surface area contributed by atoms with E-state index in [0.29, 0.717) is 0 Å². The van der Waals surface area contributed by atoms with Crippen LogP contribution in [0.1, 0.15) is 1.37 Å². The third-order valence-electron chi connectivity index (χ3n) is 0.365. The topological polar surface area (TPSA) is 60.7 Å². The van der Waals surface area contributed by atoms with Crippen LogP contribution in [-0.2, 0) is 0 Å². The van der Waals surface area contributed by atoms with E-state index in [9.17, 15) is 0 Å². The highest BCUT2D eigenvalue weighted by atomic mass is 16.4. The van der Waals surface area contributed by atoms with Gasteiger partial charge in [-0.25, -0.2) is 0 Å². The predicted molar refractivity (Wildman–Crippen MR) is 20.2 cm³/mol. The summed E-state index contributed by atoms with van der Waals surface area (Å²) < 4.78 is 6.48. The van der Waals surface area contributed by atoms with Gasteiger partial charge in [0.1, 0.15) is 6.08 Å². The quantitative estimate of drug-likeness (QED) is 0.359. The van der Waals surface area contributed by atoms with Gasteiger partial charge in [-0.05, 0) is 0 Å². The fourth-order valence-electron chi connectivity index (χ4n) is 0.0500. The highest BCUT2D eigenvalue weighted by Crippen LogP contribution is 1.71. The van der Waals surface area contributed by atoms with E-state index >= 15 is 0 Å². The Bertz CT molecular complexity index is 48.1. The number of aliphatic hydroxyl groups excluding tert-OH is 2. The number of rotatable bonds is 2. The van der Waals surface area contributed by atoms with E-state index in [2.05, 4.69) is 0 Å². The van der Waals surface area contributed by atoms with Crippen molar-refractivity contribution < 1.29 is 16.7 Å². The highest BCUT2D eigenvalue weighted by Gasteiger charge is 1.93. The Labute approximate surface area is 37.3 Å². The van der Waals surface area contributed by atoms with Gasteiger partial charge in [-0.1, -0.05) is 0 Å². The zero-order valence-corrected chi connectivity index (χ0v) is 3.26. The Morgan fingerprint density at radius 2 is 1.83 bits per heavy atom. The molecule has 0 aromatic heterocycles. The van der Waals surface area contributed by atoms with Crippen molar-refractivity contribution in [3.05, 3.63) is 0 Å². The van der Waals surface area contributed by atoms with Gasteiger partial charge < -0.3 is 15.3 Å². The first kappa shape index (κ1) is 4.05. The molecule has 0 aromatic rings. The number of hydrogen-bond donors (Lipinski definition) is 3. The Kier molecular flexibility index (Phi) is 2.08. The van der Waals surface area contributed by atoms with Crippen LogP contribution in [0.5, 0.6) is 0 Å². The first-order valence-corrected chi connectivity index (χ1v) is 1.56. The second-order valence-corrected chi connectivity index (χ2v) is 0.882. The lowest BCUT2D eigenvalue weighted by Gasteiger charge is -1.96. The zero-order chi connectivity index (χ0) is 5.91. The van der Waals surface area contributed by atoms with E-state index in [1.54, 1.807) is 0 Å². The summed E-state index contributed by atoms with van der Waals surface area (Å²) in [5, 5.41) is 24.3. The van der Waals surface area contributed by atoms with Crippen LogP contribution in [-0.4, -0.2) is 34.6 Å². The van der Waals surface area contributed by atoms with Crippen molar-refractivity contribution in [2.24, 2.45) is 0 Å². The molecular weight excluding hydrogens is 85.0 g/mol. The van der Waals surface area contributed by atoms with Crippen molar-refractivity contribution in [3.63, 3.8) is 0 Å². The van der Waals surface area contributed by atoms with Gasteiger partial charge in [0.2, 0.25) is 0 Å². The van der Waals surface area contributed by atoms with Crippen LogP contribution in [0.15, 0.2) is 0 Å². The normalized spacial score (nSPS) is 22.2. The minimum atomic E-state index is -2.06. The molecule has 0 spiro atoms. The maximum Gasteiger partial charge on any atom is 0.100 e.